The molecule has 0 saturated heterocycles. The van der Waals surface area contributed by atoms with Gasteiger partial charge in [0.05, 0.1) is 13.5 Å². The van der Waals surface area contributed by atoms with Crippen molar-refractivity contribution in [2.75, 3.05) is 7.11 Å². The van der Waals surface area contributed by atoms with Crippen LogP contribution in [0.15, 0.2) is 6.33 Å². The number of hydrogen-bond acceptors (Lipinski definition) is 2. The summed E-state index contributed by atoms with van der Waals surface area (Å²) in [7, 11) is 1.43. The molecule has 1 aromatic rings. The molecule has 1 aromatic heterocycles. The number of nitrogens with two attached hydrogens (primary N) is 1. The van der Waals surface area contributed by atoms with Gasteiger partial charge in [0.25, 0.3) is 0 Å². The van der Waals surface area contributed by atoms with Crippen molar-refractivity contribution < 1.29 is 19.8 Å². The summed E-state index contributed by atoms with van der Waals surface area (Å²) in [6.45, 7) is 4.18. The third-order valence-corrected chi connectivity index (χ3v) is 2.95. The first-order valence-corrected chi connectivity index (χ1v) is 5.07. The Morgan fingerprint density at radius 1 is 1.73 bits per heavy atom. The highest BCUT2D eigenvalue weighted by molar-refractivity contribution is 5.74. The van der Waals surface area contributed by atoms with E-state index in [9.17, 15) is 4.79 Å². The number of carbonyl (C=O) groups excluding carboxylic acids is 1. The lowest BCUT2D eigenvalue weighted by Gasteiger charge is -2.28. The fourth-order valence-electron chi connectivity index (χ4n) is 2.26. The highest BCUT2D eigenvalue weighted by atomic mass is 16.5. The smallest absolute Gasteiger partial charge is 0.365 e. The van der Waals surface area contributed by atoms with E-state index < -0.39 is 0 Å². The van der Waals surface area contributed by atoms with E-state index in [4.69, 9.17) is 4.74 Å². The van der Waals surface area contributed by atoms with Crippen molar-refractivity contribution >= 4 is 5.97 Å². The molecule has 0 spiro atoms. The van der Waals surface area contributed by atoms with Crippen molar-refractivity contribution in [1.82, 2.24) is 4.98 Å². The quantitative estimate of drug-likeness (QED) is 0.568. The number of H-pyrrole nitrogens is 2. The molecule has 2 rings (SSSR count). The number of carbonyl (C=O) groups is 1. The van der Waals surface area contributed by atoms with Crippen molar-refractivity contribution in [2.24, 2.45) is 0 Å². The van der Waals surface area contributed by atoms with Crippen LogP contribution in [0, 0.1) is 0 Å². The fourth-order valence-corrected chi connectivity index (χ4v) is 2.26. The number of aromatic amines is 2. The number of nitrogens with one attached hydrogen (secondary N) is 2. The van der Waals surface area contributed by atoms with Crippen molar-refractivity contribution in [3.8, 4) is 0 Å². The molecule has 0 aliphatic carbocycles. The number of fused-ring (bicyclic) bond motifs is 1. The van der Waals surface area contributed by atoms with E-state index in [0.717, 1.165) is 11.4 Å². The van der Waals surface area contributed by atoms with Crippen LogP contribution in [0.5, 0.6) is 0 Å². The topological polar surface area (TPSA) is 72.8 Å². The van der Waals surface area contributed by atoms with Gasteiger partial charge < -0.3 is 10.1 Å². The zero-order valence-corrected chi connectivity index (χ0v) is 9.26. The number of ether oxygens (including phenoxy) is 1. The Bertz CT molecular complexity index is 384. The van der Waals surface area contributed by atoms with Gasteiger partial charge in [-0.1, -0.05) is 0 Å². The van der Waals surface area contributed by atoms with Crippen molar-refractivity contribution in [3.05, 3.63) is 17.7 Å². The second-order valence-corrected chi connectivity index (χ2v) is 4.51. The maximum Gasteiger partial charge on any atom is 0.365 e. The molecule has 5 heteroatoms. The standard InChI is InChI=1S/C10H15N3O2/c1-10(2)8-6(11-5-12-8)4-7(13-10)9(14)15-3/h5,7,13H,4H2,1-3H3,(H,11,12)/p+2. The van der Waals surface area contributed by atoms with Crippen molar-refractivity contribution in [2.45, 2.75) is 31.8 Å². The van der Waals surface area contributed by atoms with Gasteiger partial charge in [0.15, 0.2) is 17.3 Å². The minimum absolute atomic E-state index is 0.119. The number of hydrogen-bond donors (Lipinski definition) is 2. The van der Waals surface area contributed by atoms with E-state index in [-0.39, 0.29) is 17.6 Å². The van der Waals surface area contributed by atoms with Crippen LogP contribution in [-0.2, 0) is 21.5 Å². The fraction of sp³-hybridized carbons (Fsp3) is 0.600. The molecule has 1 aliphatic heterocycles. The highest BCUT2D eigenvalue weighted by Crippen LogP contribution is 2.19. The summed E-state index contributed by atoms with van der Waals surface area (Å²) in [5.41, 5.74) is 2.13. The molecule has 0 radical (unpaired) electrons. The zero-order valence-electron chi connectivity index (χ0n) is 9.26. The molecule has 4 N–H and O–H groups in total. The molecule has 82 valence electrons. The number of imidazole rings is 1. The first-order chi connectivity index (χ1) is 7.04. The Kier molecular flexibility index (Phi) is 2.26. The van der Waals surface area contributed by atoms with Crippen LogP contribution in [0.25, 0.3) is 0 Å². The van der Waals surface area contributed by atoms with Crippen LogP contribution in [0.4, 0.5) is 0 Å². The first-order valence-electron chi connectivity index (χ1n) is 5.07. The molecule has 15 heavy (non-hydrogen) atoms. The number of esters is 1. The summed E-state index contributed by atoms with van der Waals surface area (Å²) in [5.74, 6) is -0.164. The third-order valence-electron chi connectivity index (χ3n) is 2.95. The average molecular weight is 211 g/mol. The molecule has 1 aliphatic rings. The maximum atomic E-state index is 11.5. The molecular weight excluding hydrogens is 194 g/mol. The molecule has 1 unspecified atom stereocenters. The van der Waals surface area contributed by atoms with Crippen LogP contribution in [0.1, 0.15) is 25.2 Å². The van der Waals surface area contributed by atoms with Crippen LogP contribution in [-0.4, -0.2) is 24.1 Å². The number of rotatable bonds is 1. The maximum absolute atomic E-state index is 11.5. The Hall–Kier alpha value is -1.36. The van der Waals surface area contributed by atoms with Gasteiger partial charge in [0, 0.05) is 0 Å². The Morgan fingerprint density at radius 3 is 3.13 bits per heavy atom. The lowest BCUT2D eigenvalue weighted by atomic mass is 9.90. The van der Waals surface area contributed by atoms with Gasteiger partial charge in [-0.25, -0.2) is 14.8 Å². The van der Waals surface area contributed by atoms with Gasteiger partial charge in [0.1, 0.15) is 0 Å². The van der Waals surface area contributed by atoms with Crippen LogP contribution >= 0.6 is 0 Å². The van der Waals surface area contributed by atoms with Crippen LogP contribution in [0.2, 0.25) is 0 Å². The summed E-state index contributed by atoms with van der Waals surface area (Å²) >= 11 is 0. The summed E-state index contributed by atoms with van der Waals surface area (Å²) in [6, 6.07) is -0.149. The predicted octanol–water partition coefficient (Wildman–Crippen LogP) is -1.27. The average Bonchev–Trinajstić information content (AvgIpc) is 2.64. The molecule has 0 bridgehead atoms. The molecule has 0 saturated carbocycles. The highest BCUT2D eigenvalue weighted by Gasteiger charge is 2.44. The second kappa shape index (κ2) is 3.34. The Balaban J connectivity index is 2.31. The molecule has 2 heterocycles. The van der Waals surface area contributed by atoms with E-state index in [0.29, 0.717) is 6.42 Å². The van der Waals surface area contributed by atoms with Gasteiger partial charge in [0.2, 0.25) is 12.0 Å². The van der Waals surface area contributed by atoms with E-state index in [1.807, 2.05) is 5.32 Å². The van der Waals surface area contributed by atoms with Crippen molar-refractivity contribution in [1.29, 1.82) is 0 Å². The molecule has 0 fully saturated rings. The molecule has 0 aromatic carbocycles. The SMILES string of the molecule is COC(=O)C1Cc2[nH]c[nH+]c2C(C)(C)[NH2+]1. The van der Waals surface area contributed by atoms with Gasteiger partial charge in [-0.2, -0.15) is 0 Å². The van der Waals surface area contributed by atoms with E-state index in [2.05, 4.69) is 23.8 Å². The number of methoxy groups -OCH3 is 1. The molecule has 0 amide bonds. The third kappa shape index (κ3) is 1.63. The molecule has 1 atom stereocenters. The van der Waals surface area contributed by atoms with E-state index >= 15 is 0 Å². The van der Waals surface area contributed by atoms with Crippen LogP contribution in [0.3, 0.4) is 0 Å². The lowest BCUT2D eigenvalue weighted by Crippen LogP contribution is -3.01. The van der Waals surface area contributed by atoms with Gasteiger partial charge in [-0.15, -0.1) is 0 Å². The summed E-state index contributed by atoms with van der Waals surface area (Å²) in [4.78, 5) is 17.8. The zero-order chi connectivity index (χ0) is 11.1. The summed E-state index contributed by atoms with van der Waals surface area (Å²) < 4.78 is 4.78. The van der Waals surface area contributed by atoms with Gasteiger partial charge in [-0.05, 0) is 13.8 Å². The minimum Gasteiger partial charge on any atom is -0.465 e. The summed E-state index contributed by atoms with van der Waals surface area (Å²) in [5, 5.41) is 2.05. The molecule has 5 nitrogen and oxygen atoms in total. The second-order valence-electron chi connectivity index (χ2n) is 4.51. The number of aromatic nitrogens is 2. The number of quaternary nitrogens is 1. The predicted molar refractivity (Wildman–Crippen MR) is 51.8 cm³/mol. The monoisotopic (exact) mass is 211 g/mol. The molecular formula is C10H17N3O2+2. The van der Waals surface area contributed by atoms with Gasteiger partial charge in [-0.3, -0.25) is 0 Å². The Morgan fingerprint density at radius 2 is 2.47 bits per heavy atom. The van der Waals surface area contributed by atoms with Crippen LogP contribution < -0.4 is 10.3 Å². The van der Waals surface area contributed by atoms with Gasteiger partial charge >= 0.3 is 5.97 Å². The van der Waals surface area contributed by atoms with E-state index in [1.54, 1.807) is 6.33 Å². The lowest BCUT2D eigenvalue weighted by molar-refractivity contribution is -0.763. The largest absolute Gasteiger partial charge is 0.465 e. The summed E-state index contributed by atoms with van der Waals surface area (Å²) in [6.07, 6.45) is 2.49. The normalized spacial score (nSPS) is 23.3. The van der Waals surface area contributed by atoms with Crippen molar-refractivity contribution in [3.63, 3.8) is 0 Å². The first kappa shape index (κ1) is 10.2. The Labute approximate surface area is 88.2 Å². The van der Waals surface area contributed by atoms with E-state index in [1.165, 1.54) is 7.11 Å². The minimum atomic E-state index is -0.164.